The van der Waals surface area contributed by atoms with Crippen LogP contribution in [0.4, 0.5) is 10.2 Å². The molecule has 4 aromatic rings. The number of phenols is 1. The Morgan fingerprint density at radius 1 is 1.07 bits per heavy atom. The van der Waals surface area contributed by atoms with Crippen molar-refractivity contribution in [2.75, 3.05) is 5.73 Å². The maximum absolute atomic E-state index is 13.9. The lowest BCUT2D eigenvalue weighted by molar-refractivity contribution is 0.469. The first-order valence-corrected chi connectivity index (χ1v) is 8.78. The number of nitrogens with zero attached hydrogens (tertiary/aromatic N) is 3. The highest BCUT2D eigenvalue weighted by Crippen LogP contribution is 2.39. The molecule has 0 fully saturated rings. The highest BCUT2D eigenvalue weighted by Gasteiger charge is 2.26. The van der Waals surface area contributed by atoms with E-state index in [1.54, 1.807) is 0 Å². The molecule has 2 heterocycles. The molecule has 1 aliphatic rings. The standard InChI is InChI=1S/C21H17FN4O/c22-15-5-14(8-17(27)9-15)18-10-26(21-19(18)20(23)24-11-25-21)16-6-12-3-1-2-4-13(12)7-16/h1-5,8-11,16,27H,6-7H2,(H2,23,24,25). The number of nitrogen functional groups attached to an aromatic ring is 1. The van der Waals surface area contributed by atoms with Crippen LogP contribution in [-0.4, -0.2) is 19.6 Å². The molecule has 0 radical (unpaired) electrons. The summed E-state index contributed by atoms with van der Waals surface area (Å²) < 4.78 is 16.0. The van der Waals surface area contributed by atoms with Crippen LogP contribution in [0.1, 0.15) is 17.2 Å². The Bertz CT molecular complexity index is 1140. The van der Waals surface area contributed by atoms with Gasteiger partial charge in [-0.3, -0.25) is 0 Å². The molecule has 2 aromatic heterocycles. The molecule has 0 spiro atoms. The van der Waals surface area contributed by atoms with Crippen molar-refractivity contribution in [1.82, 2.24) is 14.5 Å². The van der Waals surface area contributed by atoms with Crippen molar-refractivity contribution in [2.45, 2.75) is 18.9 Å². The van der Waals surface area contributed by atoms with Gasteiger partial charge in [0.1, 0.15) is 29.4 Å². The molecule has 1 aliphatic carbocycles. The van der Waals surface area contributed by atoms with Gasteiger partial charge in [0.15, 0.2) is 0 Å². The summed E-state index contributed by atoms with van der Waals surface area (Å²) in [5.41, 5.74) is 10.8. The third kappa shape index (κ3) is 2.52. The first kappa shape index (κ1) is 15.8. The molecule has 5 rings (SSSR count). The summed E-state index contributed by atoms with van der Waals surface area (Å²) in [6.07, 6.45) is 5.19. The number of nitrogens with two attached hydrogens (primary N) is 1. The molecule has 0 saturated carbocycles. The minimum absolute atomic E-state index is 0.130. The van der Waals surface area contributed by atoms with Crippen molar-refractivity contribution in [2.24, 2.45) is 0 Å². The Morgan fingerprint density at radius 2 is 1.81 bits per heavy atom. The van der Waals surface area contributed by atoms with Crippen LogP contribution in [0.15, 0.2) is 55.0 Å². The minimum atomic E-state index is -0.505. The summed E-state index contributed by atoms with van der Waals surface area (Å²) in [5.74, 6) is -0.294. The van der Waals surface area contributed by atoms with Gasteiger partial charge in [0, 0.05) is 23.9 Å². The van der Waals surface area contributed by atoms with Gasteiger partial charge in [0.25, 0.3) is 0 Å². The van der Waals surface area contributed by atoms with Gasteiger partial charge in [-0.1, -0.05) is 24.3 Å². The van der Waals surface area contributed by atoms with Gasteiger partial charge in [-0.2, -0.15) is 0 Å². The second-order valence-electron chi connectivity index (χ2n) is 6.94. The number of anilines is 1. The van der Waals surface area contributed by atoms with Crippen molar-refractivity contribution in [3.8, 4) is 16.9 Å². The predicted molar refractivity (Wildman–Crippen MR) is 102 cm³/mol. The third-order valence-corrected chi connectivity index (χ3v) is 5.26. The summed E-state index contributed by atoms with van der Waals surface area (Å²) >= 11 is 0. The maximum Gasteiger partial charge on any atom is 0.146 e. The highest BCUT2D eigenvalue weighted by atomic mass is 19.1. The molecule has 2 aromatic carbocycles. The number of aromatic hydroxyl groups is 1. The van der Waals surface area contributed by atoms with Crippen molar-refractivity contribution in [3.63, 3.8) is 0 Å². The lowest BCUT2D eigenvalue weighted by Crippen LogP contribution is -2.08. The first-order chi connectivity index (χ1) is 13.1. The molecule has 5 nitrogen and oxygen atoms in total. The number of fused-ring (bicyclic) bond motifs is 2. The number of halogens is 1. The Kier molecular flexibility index (Phi) is 3.40. The molecular formula is C21H17FN4O. The molecule has 3 N–H and O–H groups in total. The van der Waals surface area contributed by atoms with E-state index in [1.807, 2.05) is 6.20 Å². The van der Waals surface area contributed by atoms with Crippen molar-refractivity contribution < 1.29 is 9.50 Å². The van der Waals surface area contributed by atoms with Crippen LogP contribution in [0.3, 0.4) is 0 Å². The van der Waals surface area contributed by atoms with E-state index in [0.717, 1.165) is 24.6 Å². The molecule has 0 saturated heterocycles. The summed E-state index contributed by atoms with van der Waals surface area (Å²) in [5, 5.41) is 10.5. The largest absolute Gasteiger partial charge is 0.508 e. The van der Waals surface area contributed by atoms with Gasteiger partial charge in [-0.15, -0.1) is 0 Å². The van der Waals surface area contributed by atoms with Crippen molar-refractivity contribution in [1.29, 1.82) is 0 Å². The second-order valence-corrected chi connectivity index (χ2v) is 6.94. The number of hydrogen-bond donors (Lipinski definition) is 2. The van der Waals surface area contributed by atoms with Gasteiger partial charge in [0.2, 0.25) is 0 Å². The average molecular weight is 360 g/mol. The summed E-state index contributed by atoms with van der Waals surface area (Å²) in [4.78, 5) is 8.57. The molecule has 0 atom stereocenters. The number of phenolic OH excluding ortho intramolecular Hbond substituents is 1. The molecule has 0 bridgehead atoms. The summed E-state index contributed by atoms with van der Waals surface area (Å²) in [6, 6.07) is 12.6. The minimum Gasteiger partial charge on any atom is -0.508 e. The van der Waals surface area contributed by atoms with Gasteiger partial charge in [0.05, 0.1) is 5.39 Å². The second kappa shape index (κ2) is 5.81. The molecule has 0 amide bonds. The molecular weight excluding hydrogens is 343 g/mol. The summed E-state index contributed by atoms with van der Waals surface area (Å²) in [7, 11) is 0. The first-order valence-electron chi connectivity index (χ1n) is 8.78. The highest BCUT2D eigenvalue weighted by molar-refractivity contribution is 6.00. The SMILES string of the molecule is Nc1ncnc2c1c(-c1cc(O)cc(F)c1)cn2C1Cc2ccccc2C1. The quantitative estimate of drug-likeness (QED) is 0.569. The van der Waals surface area contributed by atoms with E-state index in [4.69, 9.17) is 5.73 Å². The van der Waals surface area contributed by atoms with E-state index in [2.05, 4.69) is 38.8 Å². The fourth-order valence-corrected chi connectivity index (χ4v) is 4.07. The number of aromatic nitrogens is 3. The van der Waals surface area contributed by atoms with Crippen LogP contribution < -0.4 is 5.73 Å². The van der Waals surface area contributed by atoms with Crippen LogP contribution in [0.25, 0.3) is 22.2 Å². The molecule has 0 unspecified atom stereocenters. The van der Waals surface area contributed by atoms with Crippen molar-refractivity contribution in [3.05, 3.63) is 71.9 Å². The Morgan fingerprint density at radius 3 is 2.52 bits per heavy atom. The zero-order valence-electron chi connectivity index (χ0n) is 14.4. The maximum atomic E-state index is 13.9. The van der Waals surface area contributed by atoms with E-state index >= 15 is 0 Å². The normalized spacial score (nSPS) is 14.0. The number of hydrogen-bond acceptors (Lipinski definition) is 4. The molecule has 6 heteroatoms. The zero-order valence-corrected chi connectivity index (χ0v) is 14.4. The Labute approximate surface area is 154 Å². The smallest absolute Gasteiger partial charge is 0.146 e. The van der Waals surface area contributed by atoms with Crippen LogP contribution in [-0.2, 0) is 12.8 Å². The van der Waals surface area contributed by atoms with E-state index in [-0.39, 0.29) is 11.8 Å². The zero-order chi connectivity index (χ0) is 18.5. The fraction of sp³-hybridized carbons (Fsp3) is 0.143. The van der Waals surface area contributed by atoms with Gasteiger partial charge >= 0.3 is 0 Å². The lowest BCUT2D eigenvalue weighted by atomic mass is 10.1. The van der Waals surface area contributed by atoms with E-state index in [9.17, 15) is 9.50 Å². The lowest BCUT2D eigenvalue weighted by Gasteiger charge is -2.12. The van der Waals surface area contributed by atoms with Crippen LogP contribution in [0.5, 0.6) is 5.75 Å². The molecule has 0 aliphatic heterocycles. The van der Waals surface area contributed by atoms with E-state index < -0.39 is 5.82 Å². The van der Waals surface area contributed by atoms with Gasteiger partial charge in [-0.05, 0) is 41.7 Å². The van der Waals surface area contributed by atoms with Crippen molar-refractivity contribution >= 4 is 16.9 Å². The Hall–Kier alpha value is -3.41. The van der Waals surface area contributed by atoms with Gasteiger partial charge < -0.3 is 15.4 Å². The number of benzene rings is 2. The molecule has 134 valence electrons. The van der Waals surface area contributed by atoms with Gasteiger partial charge in [-0.25, -0.2) is 14.4 Å². The predicted octanol–water partition coefficient (Wildman–Crippen LogP) is 3.87. The third-order valence-electron chi connectivity index (χ3n) is 5.26. The van der Waals surface area contributed by atoms with Crippen LogP contribution >= 0.6 is 0 Å². The van der Waals surface area contributed by atoms with E-state index in [1.165, 1.54) is 29.6 Å². The Balaban J connectivity index is 1.70. The topological polar surface area (TPSA) is 77.0 Å². The van der Waals surface area contributed by atoms with E-state index in [0.29, 0.717) is 22.3 Å². The average Bonchev–Trinajstić information content (AvgIpc) is 3.23. The number of rotatable bonds is 2. The summed E-state index contributed by atoms with van der Waals surface area (Å²) in [6.45, 7) is 0. The van der Waals surface area contributed by atoms with Crippen LogP contribution in [0, 0.1) is 5.82 Å². The fourth-order valence-electron chi connectivity index (χ4n) is 4.07. The monoisotopic (exact) mass is 360 g/mol. The van der Waals surface area contributed by atoms with Crippen LogP contribution in [0.2, 0.25) is 0 Å². The molecule has 27 heavy (non-hydrogen) atoms.